The average molecular weight is 394 g/mol. The highest BCUT2D eigenvalue weighted by molar-refractivity contribution is 5.93. The van der Waals surface area contributed by atoms with Crippen LogP contribution in [0.15, 0.2) is 30.6 Å². The number of aromatic nitrogens is 6. The smallest absolute Gasteiger partial charge is 0.242 e. The number of hydrogen-bond acceptors (Lipinski definition) is 6. The summed E-state index contributed by atoms with van der Waals surface area (Å²) in [5.41, 5.74) is 1.77. The molecule has 0 unspecified atom stereocenters. The van der Waals surface area contributed by atoms with Gasteiger partial charge in [0.05, 0.1) is 17.3 Å². The largest absolute Gasteiger partial charge is 0.354 e. The predicted molar refractivity (Wildman–Crippen MR) is 105 cm³/mol. The van der Waals surface area contributed by atoms with Crippen molar-refractivity contribution >= 4 is 28.4 Å². The maximum absolute atomic E-state index is 13.9. The summed E-state index contributed by atoms with van der Waals surface area (Å²) < 4.78 is 17.1. The molecule has 3 aromatic heterocycles. The zero-order valence-corrected chi connectivity index (χ0v) is 15.8. The number of fused-ring (bicyclic) bond motifs is 3. The Morgan fingerprint density at radius 1 is 1.28 bits per heavy atom. The van der Waals surface area contributed by atoms with E-state index in [1.165, 1.54) is 16.6 Å². The van der Waals surface area contributed by atoms with Crippen LogP contribution in [-0.4, -0.2) is 47.9 Å². The third-order valence-corrected chi connectivity index (χ3v) is 5.04. The second-order valence-electron chi connectivity index (χ2n) is 7.15. The number of aryl methyl sites for hydroxylation is 1. The van der Waals surface area contributed by atoms with Gasteiger partial charge >= 0.3 is 0 Å². The van der Waals surface area contributed by atoms with Crippen molar-refractivity contribution in [3.63, 3.8) is 0 Å². The number of halogens is 1. The molecule has 1 aliphatic rings. The summed E-state index contributed by atoms with van der Waals surface area (Å²) in [5.74, 6) is 0.397. The van der Waals surface area contributed by atoms with Crippen molar-refractivity contribution in [3.05, 3.63) is 36.4 Å². The highest BCUT2D eigenvalue weighted by Crippen LogP contribution is 2.25. The van der Waals surface area contributed by atoms with Gasteiger partial charge in [0.1, 0.15) is 11.9 Å². The first-order valence-corrected chi connectivity index (χ1v) is 9.48. The standard InChI is InChI=1S/C19H19FN8O/c1-27-10-11(9-22-27)16-25-17-13-8-12(20)5-6-14(13)23-19(28(17)26-16)24-15-4-2-3-7-21-18(15)29/h5-6,8-10,15H,2-4,7H2,1H3,(H,21,29)(H,23,24)/t15-/m1/s1. The highest BCUT2D eigenvalue weighted by atomic mass is 19.1. The SMILES string of the molecule is Cn1cc(-c2nc3c4cc(F)ccc4nc(N[C@@H]4CCCCNC4=O)n3n2)cn1. The fraction of sp³-hybridized carbons (Fsp3) is 0.316. The molecule has 0 spiro atoms. The molecule has 1 fully saturated rings. The molecule has 148 valence electrons. The molecule has 1 atom stereocenters. The average Bonchev–Trinajstić information content (AvgIpc) is 3.28. The summed E-state index contributed by atoms with van der Waals surface area (Å²) in [5, 5.41) is 15.4. The van der Waals surface area contributed by atoms with Crippen molar-refractivity contribution in [1.82, 2.24) is 34.7 Å². The van der Waals surface area contributed by atoms with E-state index in [4.69, 9.17) is 0 Å². The number of nitrogens with one attached hydrogen (secondary N) is 2. The lowest BCUT2D eigenvalue weighted by Gasteiger charge is -2.16. The molecule has 1 saturated heterocycles. The number of carbonyl (C=O) groups excluding carboxylic acids is 1. The summed E-state index contributed by atoms with van der Waals surface area (Å²) in [4.78, 5) is 21.6. The lowest BCUT2D eigenvalue weighted by atomic mass is 10.1. The molecular weight excluding hydrogens is 375 g/mol. The molecule has 1 amide bonds. The Morgan fingerprint density at radius 2 is 2.17 bits per heavy atom. The molecule has 0 saturated carbocycles. The van der Waals surface area contributed by atoms with E-state index >= 15 is 0 Å². The van der Waals surface area contributed by atoms with Gasteiger partial charge < -0.3 is 10.6 Å². The van der Waals surface area contributed by atoms with E-state index in [2.05, 4.69) is 30.8 Å². The molecule has 1 aromatic carbocycles. The molecule has 4 heterocycles. The number of carbonyl (C=O) groups is 1. The van der Waals surface area contributed by atoms with E-state index in [9.17, 15) is 9.18 Å². The lowest BCUT2D eigenvalue weighted by Crippen LogP contribution is -2.38. The van der Waals surface area contributed by atoms with Gasteiger partial charge in [0.15, 0.2) is 11.5 Å². The minimum absolute atomic E-state index is 0.0655. The number of nitrogens with zero attached hydrogens (tertiary/aromatic N) is 6. The number of hydrogen-bond donors (Lipinski definition) is 2. The van der Waals surface area contributed by atoms with Gasteiger partial charge in [0, 0.05) is 25.2 Å². The zero-order chi connectivity index (χ0) is 20.0. The monoisotopic (exact) mass is 394 g/mol. The van der Waals surface area contributed by atoms with Crippen molar-refractivity contribution in [2.75, 3.05) is 11.9 Å². The second-order valence-corrected chi connectivity index (χ2v) is 7.15. The molecule has 4 aromatic rings. The fourth-order valence-corrected chi connectivity index (χ4v) is 3.57. The van der Waals surface area contributed by atoms with E-state index in [0.717, 1.165) is 18.4 Å². The van der Waals surface area contributed by atoms with Crippen molar-refractivity contribution in [3.8, 4) is 11.4 Å². The van der Waals surface area contributed by atoms with Gasteiger partial charge in [-0.1, -0.05) is 0 Å². The van der Waals surface area contributed by atoms with E-state index < -0.39 is 6.04 Å². The first-order valence-electron chi connectivity index (χ1n) is 9.48. The molecule has 0 bridgehead atoms. The van der Waals surface area contributed by atoms with Crippen LogP contribution in [0.2, 0.25) is 0 Å². The van der Waals surface area contributed by atoms with Crippen LogP contribution in [0.25, 0.3) is 27.9 Å². The summed E-state index contributed by atoms with van der Waals surface area (Å²) in [6.07, 6.45) is 6.03. The molecule has 10 heteroatoms. The molecule has 1 aliphatic heterocycles. The van der Waals surface area contributed by atoms with Crippen molar-refractivity contribution < 1.29 is 9.18 Å². The molecule has 9 nitrogen and oxygen atoms in total. The normalized spacial score (nSPS) is 17.4. The number of rotatable bonds is 3. The maximum Gasteiger partial charge on any atom is 0.242 e. The zero-order valence-electron chi connectivity index (χ0n) is 15.8. The Balaban J connectivity index is 1.68. The second kappa shape index (κ2) is 6.80. The van der Waals surface area contributed by atoms with Crippen LogP contribution in [0.4, 0.5) is 10.3 Å². The molecular formula is C19H19FN8O. The van der Waals surface area contributed by atoms with Crippen LogP contribution >= 0.6 is 0 Å². The minimum Gasteiger partial charge on any atom is -0.354 e. The van der Waals surface area contributed by atoms with Crippen LogP contribution in [0, 0.1) is 5.82 Å². The van der Waals surface area contributed by atoms with Gasteiger partial charge in [0.25, 0.3) is 0 Å². The van der Waals surface area contributed by atoms with Gasteiger partial charge in [0.2, 0.25) is 11.9 Å². The van der Waals surface area contributed by atoms with Crippen molar-refractivity contribution in [1.29, 1.82) is 0 Å². The van der Waals surface area contributed by atoms with Crippen molar-refractivity contribution in [2.24, 2.45) is 7.05 Å². The third-order valence-electron chi connectivity index (χ3n) is 5.04. The Morgan fingerprint density at radius 3 is 3.00 bits per heavy atom. The highest BCUT2D eigenvalue weighted by Gasteiger charge is 2.23. The molecule has 2 N–H and O–H groups in total. The molecule has 0 aliphatic carbocycles. The number of anilines is 1. The Labute approximate surface area is 164 Å². The Bertz CT molecular complexity index is 1230. The van der Waals surface area contributed by atoms with Crippen LogP contribution in [0.1, 0.15) is 19.3 Å². The van der Waals surface area contributed by atoms with Gasteiger partial charge in [-0.05, 0) is 37.5 Å². The minimum atomic E-state index is -0.419. The molecule has 0 radical (unpaired) electrons. The Hall–Kier alpha value is -3.56. The predicted octanol–water partition coefficient (Wildman–Crippen LogP) is 1.90. The summed E-state index contributed by atoms with van der Waals surface area (Å²) in [6.45, 7) is 0.672. The van der Waals surface area contributed by atoms with Crippen LogP contribution in [0.3, 0.4) is 0 Å². The Kier molecular flexibility index (Phi) is 4.11. The summed E-state index contributed by atoms with van der Waals surface area (Å²) in [7, 11) is 1.81. The van der Waals surface area contributed by atoms with Gasteiger partial charge in [-0.2, -0.15) is 9.61 Å². The third kappa shape index (κ3) is 3.16. The molecule has 5 rings (SSSR count). The van der Waals surface area contributed by atoms with E-state index in [0.29, 0.717) is 41.3 Å². The quantitative estimate of drug-likeness (QED) is 0.550. The topological polar surface area (TPSA) is 102 Å². The first-order chi connectivity index (χ1) is 14.1. The first kappa shape index (κ1) is 17.5. The fourth-order valence-electron chi connectivity index (χ4n) is 3.57. The summed E-state index contributed by atoms with van der Waals surface area (Å²) >= 11 is 0. The number of benzene rings is 1. The van der Waals surface area contributed by atoms with E-state index in [1.807, 2.05) is 7.05 Å². The van der Waals surface area contributed by atoms with Crippen LogP contribution < -0.4 is 10.6 Å². The van der Waals surface area contributed by atoms with Gasteiger partial charge in [-0.15, -0.1) is 5.10 Å². The molecule has 29 heavy (non-hydrogen) atoms. The van der Waals surface area contributed by atoms with Gasteiger partial charge in [-0.3, -0.25) is 9.48 Å². The van der Waals surface area contributed by atoms with Crippen LogP contribution in [-0.2, 0) is 11.8 Å². The number of amides is 1. The van der Waals surface area contributed by atoms with E-state index in [1.54, 1.807) is 23.1 Å². The van der Waals surface area contributed by atoms with Crippen molar-refractivity contribution in [2.45, 2.75) is 25.3 Å². The maximum atomic E-state index is 13.9. The van der Waals surface area contributed by atoms with Crippen LogP contribution in [0.5, 0.6) is 0 Å². The summed E-state index contributed by atoms with van der Waals surface area (Å²) in [6, 6.07) is 3.92. The van der Waals surface area contributed by atoms with Gasteiger partial charge in [-0.25, -0.2) is 14.4 Å². The lowest BCUT2D eigenvalue weighted by molar-refractivity contribution is -0.121. The van der Waals surface area contributed by atoms with E-state index in [-0.39, 0.29) is 11.7 Å².